The van der Waals surface area contributed by atoms with E-state index in [1.54, 1.807) is 0 Å². The molecule has 0 saturated heterocycles. The number of anilines is 1. The first-order valence-electron chi connectivity index (χ1n) is 9.94. The van der Waals surface area contributed by atoms with Crippen LogP contribution in [0.3, 0.4) is 0 Å². The van der Waals surface area contributed by atoms with Crippen LogP contribution >= 0.6 is 23.1 Å². The van der Waals surface area contributed by atoms with Gasteiger partial charge in [-0.1, -0.05) is 23.5 Å². The molecule has 2 fully saturated rings. The molecule has 138 valence electrons. The summed E-state index contributed by atoms with van der Waals surface area (Å²) in [4.78, 5) is 19.0. The van der Waals surface area contributed by atoms with Crippen LogP contribution in [0.15, 0.2) is 34.1 Å². The highest BCUT2D eigenvalue weighted by atomic mass is 32.2. The van der Waals surface area contributed by atoms with Crippen LogP contribution in [0.5, 0.6) is 0 Å². The molecule has 2 aromatic rings. The largest absolute Gasteiger partial charge is 0.372 e. The van der Waals surface area contributed by atoms with Crippen LogP contribution in [0.4, 0.5) is 5.69 Å². The fourth-order valence-electron chi connectivity index (χ4n) is 5.70. The van der Waals surface area contributed by atoms with Crippen molar-refractivity contribution in [3.63, 3.8) is 0 Å². The number of aromatic nitrogens is 1. The van der Waals surface area contributed by atoms with E-state index in [1.807, 2.05) is 11.8 Å². The zero-order valence-corrected chi connectivity index (χ0v) is 17.0. The lowest BCUT2D eigenvalue weighted by Gasteiger charge is -2.40. The molecule has 3 nitrogen and oxygen atoms in total. The van der Waals surface area contributed by atoms with Gasteiger partial charge in [0.15, 0.2) is 0 Å². The number of aromatic amines is 1. The lowest BCUT2D eigenvalue weighted by molar-refractivity contribution is 0.307. The normalized spacial score (nSPS) is 31.7. The molecule has 1 N–H and O–H groups in total. The molecule has 2 bridgehead atoms. The Balaban J connectivity index is 1.56. The fourth-order valence-corrected chi connectivity index (χ4v) is 8.60. The lowest BCUT2D eigenvalue weighted by Crippen LogP contribution is -2.33. The van der Waals surface area contributed by atoms with E-state index in [9.17, 15) is 4.79 Å². The highest BCUT2D eigenvalue weighted by molar-refractivity contribution is 8.00. The molecule has 0 spiro atoms. The minimum absolute atomic E-state index is 0.111. The second kappa shape index (κ2) is 6.45. The van der Waals surface area contributed by atoms with Gasteiger partial charge in [-0.2, -0.15) is 0 Å². The second-order valence-corrected chi connectivity index (χ2v) is 10.1. The Morgan fingerprint density at radius 3 is 2.58 bits per heavy atom. The standard InChI is InChI=1S/C21H26N2OS2/c1-3-23(4-2)15-9-7-12(8-10-15)16-17-13-5-6-14(11-13)18(17)25-20-19(16)26-21(24)22-20/h7-10,13-14,16-18H,3-6,11H2,1-2H3,(H,22,24)/t13?,14?,16-,17?,18?/m1/s1. The monoisotopic (exact) mass is 386 g/mol. The van der Waals surface area contributed by atoms with Gasteiger partial charge in [0.1, 0.15) is 0 Å². The van der Waals surface area contributed by atoms with E-state index >= 15 is 0 Å². The summed E-state index contributed by atoms with van der Waals surface area (Å²) >= 11 is 3.42. The molecule has 5 rings (SSSR count). The maximum atomic E-state index is 12.1. The van der Waals surface area contributed by atoms with Gasteiger partial charge in [-0.25, -0.2) is 0 Å². The van der Waals surface area contributed by atoms with Crippen molar-refractivity contribution >= 4 is 28.8 Å². The molecule has 2 aliphatic carbocycles. The quantitative estimate of drug-likeness (QED) is 0.809. The van der Waals surface area contributed by atoms with Crippen LogP contribution in [0, 0.1) is 17.8 Å². The Labute approximate surface area is 163 Å². The molecule has 0 radical (unpaired) electrons. The summed E-state index contributed by atoms with van der Waals surface area (Å²) in [6.45, 7) is 6.49. The molecule has 2 heterocycles. The molecule has 1 aromatic heterocycles. The number of rotatable bonds is 4. The van der Waals surface area contributed by atoms with E-state index in [4.69, 9.17) is 0 Å². The first-order chi connectivity index (χ1) is 12.7. The number of nitrogens with zero attached hydrogens (tertiary/aromatic N) is 1. The van der Waals surface area contributed by atoms with Crippen molar-refractivity contribution in [2.24, 2.45) is 17.8 Å². The van der Waals surface area contributed by atoms with E-state index in [0.717, 1.165) is 30.0 Å². The van der Waals surface area contributed by atoms with E-state index < -0.39 is 0 Å². The number of thiazole rings is 1. The Hall–Kier alpha value is -1.20. The summed E-state index contributed by atoms with van der Waals surface area (Å²) < 4.78 is 0. The van der Waals surface area contributed by atoms with Crippen molar-refractivity contribution in [2.75, 3.05) is 18.0 Å². The summed E-state index contributed by atoms with van der Waals surface area (Å²) in [5, 5.41) is 1.85. The predicted octanol–water partition coefficient (Wildman–Crippen LogP) is 4.93. The number of benzene rings is 1. The SMILES string of the molecule is CCN(CC)c1ccc([C@H]2c3sc(=O)[nH]c3SC3C4CCC(C4)C32)cc1. The molecule has 5 atom stereocenters. The fraction of sp³-hybridized carbons (Fsp3) is 0.571. The smallest absolute Gasteiger partial charge is 0.305 e. The molecule has 26 heavy (non-hydrogen) atoms. The predicted molar refractivity (Wildman–Crippen MR) is 111 cm³/mol. The Morgan fingerprint density at radius 2 is 1.85 bits per heavy atom. The first kappa shape index (κ1) is 16.9. The van der Waals surface area contributed by atoms with Gasteiger partial charge in [0, 0.05) is 34.8 Å². The Morgan fingerprint density at radius 1 is 1.12 bits per heavy atom. The second-order valence-electron chi connectivity index (χ2n) is 7.94. The zero-order chi connectivity index (χ0) is 17.8. The maximum absolute atomic E-state index is 12.1. The molecule has 2 saturated carbocycles. The van der Waals surface area contributed by atoms with Crippen molar-refractivity contribution in [1.29, 1.82) is 0 Å². The van der Waals surface area contributed by atoms with Gasteiger partial charge in [0.2, 0.25) is 0 Å². The van der Waals surface area contributed by atoms with E-state index in [0.29, 0.717) is 17.1 Å². The van der Waals surface area contributed by atoms with Gasteiger partial charge in [0.25, 0.3) is 0 Å². The Kier molecular flexibility index (Phi) is 4.20. The molecule has 3 aliphatic rings. The summed E-state index contributed by atoms with van der Waals surface area (Å²) in [5.74, 6) is 2.80. The van der Waals surface area contributed by atoms with Crippen LogP contribution in [0.1, 0.15) is 49.5 Å². The maximum Gasteiger partial charge on any atom is 0.305 e. The number of thioether (sulfide) groups is 1. The molecular formula is C21H26N2OS2. The van der Waals surface area contributed by atoms with Crippen molar-refractivity contribution in [1.82, 2.24) is 4.98 Å². The van der Waals surface area contributed by atoms with Gasteiger partial charge in [0.05, 0.1) is 5.03 Å². The van der Waals surface area contributed by atoms with Crippen LogP contribution in [-0.2, 0) is 0 Å². The average molecular weight is 387 g/mol. The van der Waals surface area contributed by atoms with Crippen LogP contribution in [0.25, 0.3) is 0 Å². The summed E-state index contributed by atoms with van der Waals surface area (Å²) in [7, 11) is 0. The number of hydrogen-bond acceptors (Lipinski definition) is 4. The minimum atomic E-state index is 0.111. The molecule has 4 unspecified atom stereocenters. The molecular weight excluding hydrogens is 360 g/mol. The van der Waals surface area contributed by atoms with Crippen LogP contribution < -0.4 is 9.77 Å². The third-order valence-corrected chi connectivity index (χ3v) is 9.47. The van der Waals surface area contributed by atoms with Gasteiger partial charge in [-0.15, -0.1) is 11.8 Å². The topological polar surface area (TPSA) is 36.1 Å². The summed E-state index contributed by atoms with van der Waals surface area (Å²) in [6, 6.07) is 9.21. The zero-order valence-electron chi connectivity index (χ0n) is 15.4. The van der Waals surface area contributed by atoms with Crippen molar-refractivity contribution < 1.29 is 0 Å². The van der Waals surface area contributed by atoms with Gasteiger partial charge >= 0.3 is 4.87 Å². The van der Waals surface area contributed by atoms with Gasteiger partial charge in [-0.3, -0.25) is 4.79 Å². The lowest BCUT2D eigenvalue weighted by atomic mass is 9.75. The molecule has 1 aliphatic heterocycles. The Bertz CT molecular complexity index is 852. The van der Waals surface area contributed by atoms with Crippen LogP contribution in [0.2, 0.25) is 0 Å². The number of H-pyrrole nitrogens is 1. The first-order valence-corrected chi connectivity index (χ1v) is 11.6. The van der Waals surface area contributed by atoms with E-state index in [1.165, 1.54) is 46.7 Å². The third kappa shape index (κ3) is 2.50. The van der Waals surface area contributed by atoms with Crippen LogP contribution in [-0.4, -0.2) is 23.3 Å². The van der Waals surface area contributed by atoms with Crippen molar-refractivity contribution in [3.8, 4) is 0 Å². The summed E-state index contributed by atoms with van der Waals surface area (Å²) in [5.41, 5.74) is 2.70. The van der Waals surface area contributed by atoms with Gasteiger partial charge in [-0.05, 0) is 68.6 Å². The highest BCUT2D eigenvalue weighted by Crippen LogP contribution is 2.63. The number of fused-ring (bicyclic) bond motifs is 6. The average Bonchev–Trinajstić information content (AvgIpc) is 3.35. The molecule has 0 amide bonds. The summed E-state index contributed by atoms with van der Waals surface area (Å²) in [6.07, 6.45) is 4.17. The minimum Gasteiger partial charge on any atom is -0.372 e. The number of nitrogens with one attached hydrogen (secondary N) is 1. The molecule has 1 aromatic carbocycles. The number of hydrogen-bond donors (Lipinski definition) is 1. The van der Waals surface area contributed by atoms with Crippen molar-refractivity contribution in [3.05, 3.63) is 44.4 Å². The highest BCUT2D eigenvalue weighted by Gasteiger charge is 2.54. The van der Waals surface area contributed by atoms with Crippen molar-refractivity contribution in [2.45, 2.75) is 49.3 Å². The van der Waals surface area contributed by atoms with E-state index in [2.05, 4.69) is 48.0 Å². The van der Waals surface area contributed by atoms with Gasteiger partial charge < -0.3 is 9.88 Å². The third-order valence-electron chi connectivity index (χ3n) is 6.85. The molecule has 5 heteroatoms. The van der Waals surface area contributed by atoms with E-state index in [-0.39, 0.29) is 4.87 Å².